The molecule has 112 valence electrons. The maximum atomic E-state index is 12.4. The predicted octanol–water partition coefficient (Wildman–Crippen LogP) is 1.38. The van der Waals surface area contributed by atoms with E-state index in [1.54, 1.807) is 25.3 Å². The Kier molecular flexibility index (Phi) is 4.67. The number of aryl methyl sites for hydroxylation is 1. The summed E-state index contributed by atoms with van der Waals surface area (Å²) in [5.41, 5.74) is 0.818. The summed E-state index contributed by atoms with van der Waals surface area (Å²) in [7, 11) is 0.181. The van der Waals surface area contributed by atoms with Crippen LogP contribution in [-0.2, 0) is 10.0 Å². The third-order valence-electron chi connectivity index (χ3n) is 3.72. The molecule has 0 unspecified atom stereocenters. The maximum absolute atomic E-state index is 12.4. The molecule has 0 aliphatic carbocycles. The second kappa shape index (κ2) is 6.11. The number of sulfonamides is 1. The molecular formula is C14H22N2O3S. The molecule has 1 aromatic carbocycles. The van der Waals surface area contributed by atoms with Crippen LogP contribution in [0.4, 0.5) is 0 Å². The monoisotopic (exact) mass is 298 g/mol. The Bertz CT molecular complexity index is 564. The Morgan fingerprint density at radius 1 is 1.30 bits per heavy atom. The van der Waals surface area contributed by atoms with Gasteiger partial charge in [-0.1, -0.05) is 0 Å². The van der Waals surface area contributed by atoms with Crippen molar-refractivity contribution in [3.05, 3.63) is 23.8 Å². The van der Waals surface area contributed by atoms with Gasteiger partial charge in [0.15, 0.2) is 0 Å². The molecule has 0 radical (unpaired) electrons. The first-order valence-electron chi connectivity index (χ1n) is 6.78. The van der Waals surface area contributed by atoms with Gasteiger partial charge in [0.1, 0.15) is 5.75 Å². The van der Waals surface area contributed by atoms with Crippen molar-refractivity contribution in [3.63, 3.8) is 0 Å². The number of hydrogen-bond acceptors (Lipinski definition) is 4. The van der Waals surface area contributed by atoms with Crippen molar-refractivity contribution in [3.8, 4) is 5.75 Å². The van der Waals surface area contributed by atoms with Crippen LogP contribution in [0, 0.1) is 6.92 Å². The smallest absolute Gasteiger partial charge is 0.240 e. The van der Waals surface area contributed by atoms with Gasteiger partial charge in [0.05, 0.1) is 12.0 Å². The highest BCUT2D eigenvalue weighted by Gasteiger charge is 2.23. The average Bonchev–Trinajstić information content (AvgIpc) is 2.41. The summed E-state index contributed by atoms with van der Waals surface area (Å²) in [6.07, 6.45) is 1.70. The lowest BCUT2D eigenvalue weighted by molar-refractivity contribution is 0.248. The molecule has 1 aliphatic heterocycles. The third kappa shape index (κ3) is 3.50. The van der Waals surface area contributed by atoms with E-state index in [1.165, 1.54) is 0 Å². The van der Waals surface area contributed by atoms with E-state index in [2.05, 4.69) is 16.7 Å². The molecule has 6 heteroatoms. The summed E-state index contributed by atoms with van der Waals surface area (Å²) in [6.45, 7) is 3.69. The lowest BCUT2D eigenvalue weighted by atomic mass is 10.1. The van der Waals surface area contributed by atoms with Crippen LogP contribution in [0.2, 0.25) is 0 Å². The minimum Gasteiger partial charge on any atom is -0.496 e. The van der Waals surface area contributed by atoms with Crippen LogP contribution in [0.15, 0.2) is 23.1 Å². The summed E-state index contributed by atoms with van der Waals surface area (Å²) in [5, 5.41) is 0. The topological polar surface area (TPSA) is 58.6 Å². The van der Waals surface area contributed by atoms with Crippen molar-refractivity contribution in [2.24, 2.45) is 0 Å². The van der Waals surface area contributed by atoms with E-state index in [1.807, 2.05) is 6.92 Å². The van der Waals surface area contributed by atoms with Gasteiger partial charge < -0.3 is 9.64 Å². The molecule has 20 heavy (non-hydrogen) atoms. The number of hydrogen-bond donors (Lipinski definition) is 1. The molecule has 1 aliphatic rings. The molecule has 1 fully saturated rings. The van der Waals surface area contributed by atoms with Crippen LogP contribution in [0.3, 0.4) is 0 Å². The van der Waals surface area contributed by atoms with E-state index < -0.39 is 10.0 Å². The Morgan fingerprint density at radius 3 is 2.50 bits per heavy atom. The quantitative estimate of drug-likeness (QED) is 0.912. The van der Waals surface area contributed by atoms with Crippen molar-refractivity contribution in [1.29, 1.82) is 0 Å². The first-order valence-corrected chi connectivity index (χ1v) is 8.26. The van der Waals surface area contributed by atoms with Gasteiger partial charge in [0.25, 0.3) is 0 Å². The van der Waals surface area contributed by atoms with Gasteiger partial charge in [-0.2, -0.15) is 0 Å². The van der Waals surface area contributed by atoms with Gasteiger partial charge in [-0.3, -0.25) is 0 Å². The van der Waals surface area contributed by atoms with Crippen molar-refractivity contribution >= 4 is 10.0 Å². The summed E-state index contributed by atoms with van der Waals surface area (Å²) in [6, 6.07) is 4.95. The number of likely N-dealkylation sites (tertiary alicyclic amines) is 1. The predicted molar refractivity (Wildman–Crippen MR) is 78.6 cm³/mol. The number of methoxy groups -OCH3 is 1. The van der Waals surface area contributed by atoms with E-state index in [-0.39, 0.29) is 6.04 Å². The van der Waals surface area contributed by atoms with Crippen LogP contribution < -0.4 is 9.46 Å². The zero-order chi connectivity index (χ0) is 14.8. The number of benzene rings is 1. The summed E-state index contributed by atoms with van der Waals surface area (Å²) >= 11 is 0. The molecule has 5 nitrogen and oxygen atoms in total. The average molecular weight is 298 g/mol. The molecule has 1 heterocycles. The number of ether oxygens (including phenoxy) is 1. The van der Waals surface area contributed by atoms with Crippen LogP contribution >= 0.6 is 0 Å². The zero-order valence-corrected chi connectivity index (χ0v) is 13.0. The van der Waals surface area contributed by atoms with E-state index >= 15 is 0 Å². The van der Waals surface area contributed by atoms with Gasteiger partial charge >= 0.3 is 0 Å². The summed E-state index contributed by atoms with van der Waals surface area (Å²) in [4.78, 5) is 2.51. The summed E-state index contributed by atoms with van der Waals surface area (Å²) in [5.74, 6) is 0.697. The molecule has 1 N–H and O–H groups in total. The fraction of sp³-hybridized carbons (Fsp3) is 0.571. The van der Waals surface area contributed by atoms with Crippen LogP contribution in [0.1, 0.15) is 18.4 Å². The standard InChI is InChI=1S/C14H22N2O3S/c1-11-10-13(4-5-14(11)19-3)20(17,18)15-12-6-8-16(2)9-7-12/h4-5,10,12,15H,6-9H2,1-3H3. The van der Waals surface area contributed by atoms with Crippen LogP contribution in [0.5, 0.6) is 5.75 Å². The Labute approximate surface area is 121 Å². The van der Waals surface area contributed by atoms with E-state index in [9.17, 15) is 8.42 Å². The fourth-order valence-electron chi connectivity index (χ4n) is 2.43. The molecule has 1 aromatic rings. The largest absolute Gasteiger partial charge is 0.496 e. The number of piperidine rings is 1. The van der Waals surface area contributed by atoms with E-state index in [0.717, 1.165) is 31.5 Å². The lowest BCUT2D eigenvalue weighted by Crippen LogP contribution is -2.43. The van der Waals surface area contributed by atoms with E-state index in [4.69, 9.17) is 4.74 Å². The van der Waals surface area contributed by atoms with Crippen molar-refractivity contribution < 1.29 is 13.2 Å². The number of rotatable bonds is 4. The fourth-order valence-corrected chi connectivity index (χ4v) is 3.82. The van der Waals surface area contributed by atoms with Gasteiger partial charge in [-0.15, -0.1) is 0 Å². The molecule has 1 saturated heterocycles. The Morgan fingerprint density at radius 2 is 1.95 bits per heavy atom. The van der Waals surface area contributed by atoms with Crippen LogP contribution in [-0.4, -0.2) is 46.6 Å². The third-order valence-corrected chi connectivity index (χ3v) is 5.24. The Hall–Kier alpha value is -1.11. The van der Waals surface area contributed by atoms with Gasteiger partial charge in [-0.25, -0.2) is 13.1 Å². The second-order valence-corrected chi connectivity index (χ2v) is 7.04. The van der Waals surface area contributed by atoms with Crippen molar-refractivity contribution in [1.82, 2.24) is 9.62 Å². The molecule has 0 saturated carbocycles. The Balaban J connectivity index is 2.12. The van der Waals surface area contributed by atoms with Crippen molar-refractivity contribution in [2.75, 3.05) is 27.2 Å². The van der Waals surface area contributed by atoms with Gasteiger partial charge in [0.2, 0.25) is 10.0 Å². The maximum Gasteiger partial charge on any atom is 0.240 e. The zero-order valence-electron chi connectivity index (χ0n) is 12.2. The highest BCUT2D eigenvalue weighted by molar-refractivity contribution is 7.89. The first-order chi connectivity index (χ1) is 9.42. The normalized spacial score (nSPS) is 18.1. The lowest BCUT2D eigenvalue weighted by Gasteiger charge is -2.29. The van der Waals surface area contributed by atoms with Crippen LogP contribution in [0.25, 0.3) is 0 Å². The van der Waals surface area contributed by atoms with E-state index in [0.29, 0.717) is 10.6 Å². The van der Waals surface area contributed by atoms with Gasteiger partial charge in [-0.05, 0) is 63.7 Å². The van der Waals surface area contributed by atoms with Gasteiger partial charge in [0, 0.05) is 6.04 Å². The summed E-state index contributed by atoms with van der Waals surface area (Å²) < 4.78 is 32.7. The second-order valence-electron chi connectivity index (χ2n) is 5.33. The highest BCUT2D eigenvalue weighted by atomic mass is 32.2. The highest BCUT2D eigenvalue weighted by Crippen LogP contribution is 2.22. The minimum absolute atomic E-state index is 0.0265. The number of nitrogens with zero attached hydrogens (tertiary/aromatic N) is 1. The molecule has 0 atom stereocenters. The molecular weight excluding hydrogens is 276 g/mol. The first kappa shape index (κ1) is 15.3. The van der Waals surface area contributed by atoms with Crippen molar-refractivity contribution in [2.45, 2.75) is 30.7 Å². The molecule has 0 amide bonds. The molecule has 0 aromatic heterocycles. The minimum atomic E-state index is -3.45. The molecule has 0 spiro atoms. The number of nitrogens with one attached hydrogen (secondary N) is 1. The molecule has 0 bridgehead atoms. The SMILES string of the molecule is COc1ccc(S(=O)(=O)NC2CCN(C)CC2)cc1C. The molecule has 2 rings (SSSR count).